The van der Waals surface area contributed by atoms with Crippen molar-refractivity contribution < 1.29 is 9.47 Å². The topological polar surface area (TPSA) is 44.5 Å². The van der Waals surface area contributed by atoms with Crippen LogP contribution in [0, 0.1) is 0 Å². The molecule has 2 aromatic rings. The molecule has 2 heterocycles. The Morgan fingerprint density at radius 1 is 1.25 bits per heavy atom. The molecule has 0 amide bonds. The predicted molar refractivity (Wildman–Crippen MR) is 62.9 cm³/mol. The third-order valence-electron chi connectivity index (χ3n) is 2.66. The minimum absolute atomic E-state index is 0.150. The Balaban J connectivity index is 2.04. The number of hydrogen-bond acceptors (Lipinski definition) is 4. The quantitative estimate of drug-likeness (QED) is 0.866. The molecule has 82 valence electrons. The zero-order valence-corrected chi connectivity index (χ0v) is 9.37. The molecule has 0 aliphatic carbocycles. The molecule has 3 rings (SSSR count). The Bertz CT molecular complexity index is 496. The third kappa shape index (κ3) is 1.47. The Kier molecular flexibility index (Phi) is 2.31. The fraction of sp³-hybridized carbons (Fsp3) is 0.167. The maximum atomic E-state index is 6.20. The molecule has 1 aliphatic rings. The molecule has 16 heavy (non-hydrogen) atoms. The highest BCUT2D eigenvalue weighted by molar-refractivity contribution is 7.08. The van der Waals surface area contributed by atoms with Crippen molar-refractivity contribution in [2.45, 2.75) is 6.04 Å². The summed E-state index contributed by atoms with van der Waals surface area (Å²) >= 11 is 1.64. The maximum absolute atomic E-state index is 6.20. The molecule has 0 bridgehead atoms. The maximum Gasteiger partial charge on any atom is 0.231 e. The summed E-state index contributed by atoms with van der Waals surface area (Å²) in [7, 11) is 0. The van der Waals surface area contributed by atoms with Crippen molar-refractivity contribution in [2.24, 2.45) is 5.73 Å². The predicted octanol–water partition coefficient (Wildman–Crippen LogP) is 2.52. The number of para-hydroxylation sites is 1. The fourth-order valence-electron chi connectivity index (χ4n) is 1.83. The van der Waals surface area contributed by atoms with Crippen LogP contribution in [0.15, 0.2) is 35.0 Å². The third-order valence-corrected chi connectivity index (χ3v) is 3.37. The van der Waals surface area contributed by atoms with E-state index in [1.54, 1.807) is 11.3 Å². The van der Waals surface area contributed by atoms with Gasteiger partial charge >= 0.3 is 0 Å². The van der Waals surface area contributed by atoms with Crippen molar-refractivity contribution in [1.82, 2.24) is 0 Å². The number of rotatable bonds is 2. The summed E-state index contributed by atoms with van der Waals surface area (Å²) in [5, 5.41) is 4.08. The van der Waals surface area contributed by atoms with E-state index in [-0.39, 0.29) is 12.8 Å². The molecule has 0 unspecified atom stereocenters. The largest absolute Gasteiger partial charge is 0.454 e. The SMILES string of the molecule is N[C@@H](c1ccsc1)c1cccc2c1OCO2. The highest BCUT2D eigenvalue weighted by atomic mass is 32.1. The van der Waals surface area contributed by atoms with Crippen molar-refractivity contribution >= 4 is 11.3 Å². The van der Waals surface area contributed by atoms with Crippen LogP contribution in [0.1, 0.15) is 17.2 Å². The average Bonchev–Trinajstić information content (AvgIpc) is 2.98. The summed E-state index contributed by atoms with van der Waals surface area (Å²) in [6.07, 6.45) is 0. The highest BCUT2D eigenvalue weighted by Gasteiger charge is 2.22. The second kappa shape index (κ2) is 3.81. The first-order valence-corrected chi connectivity index (χ1v) is 5.97. The molecular weight excluding hydrogens is 222 g/mol. The molecule has 2 N–H and O–H groups in total. The zero-order valence-electron chi connectivity index (χ0n) is 8.55. The number of hydrogen-bond donors (Lipinski definition) is 1. The van der Waals surface area contributed by atoms with Crippen LogP contribution in [0.3, 0.4) is 0 Å². The van der Waals surface area contributed by atoms with E-state index in [0.29, 0.717) is 0 Å². The first-order valence-electron chi connectivity index (χ1n) is 5.02. The van der Waals surface area contributed by atoms with Gasteiger partial charge in [-0.3, -0.25) is 0 Å². The van der Waals surface area contributed by atoms with Gasteiger partial charge in [0.1, 0.15) is 0 Å². The van der Waals surface area contributed by atoms with Gasteiger partial charge in [0, 0.05) is 5.56 Å². The van der Waals surface area contributed by atoms with Crippen LogP contribution < -0.4 is 15.2 Å². The van der Waals surface area contributed by atoms with Crippen LogP contribution in [0.4, 0.5) is 0 Å². The van der Waals surface area contributed by atoms with Gasteiger partial charge in [0.05, 0.1) is 6.04 Å². The van der Waals surface area contributed by atoms with E-state index in [2.05, 4.69) is 5.38 Å². The minimum atomic E-state index is -0.150. The van der Waals surface area contributed by atoms with Gasteiger partial charge in [0.2, 0.25) is 6.79 Å². The molecule has 1 atom stereocenters. The molecule has 1 aromatic heterocycles. The van der Waals surface area contributed by atoms with Gasteiger partial charge in [-0.15, -0.1) is 0 Å². The lowest BCUT2D eigenvalue weighted by molar-refractivity contribution is 0.173. The smallest absolute Gasteiger partial charge is 0.231 e. The number of fused-ring (bicyclic) bond motifs is 1. The van der Waals surface area contributed by atoms with E-state index in [1.807, 2.05) is 29.6 Å². The van der Waals surface area contributed by atoms with E-state index >= 15 is 0 Å². The van der Waals surface area contributed by atoms with Gasteiger partial charge in [0.15, 0.2) is 11.5 Å². The lowest BCUT2D eigenvalue weighted by Crippen LogP contribution is -2.11. The average molecular weight is 233 g/mol. The summed E-state index contributed by atoms with van der Waals surface area (Å²) < 4.78 is 10.8. The summed E-state index contributed by atoms with van der Waals surface area (Å²) in [6, 6.07) is 7.70. The zero-order chi connectivity index (χ0) is 11.0. The summed E-state index contributed by atoms with van der Waals surface area (Å²) in [6.45, 7) is 0.280. The first kappa shape index (κ1) is 9.69. The Labute approximate surface area is 97.4 Å². The van der Waals surface area contributed by atoms with E-state index in [0.717, 1.165) is 22.6 Å². The molecule has 3 nitrogen and oxygen atoms in total. The van der Waals surface area contributed by atoms with Crippen molar-refractivity contribution in [1.29, 1.82) is 0 Å². The van der Waals surface area contributed by atoms with Crippen LogP contribution in [-0.2, 0) is 0 Å². The standard InChI is InChI=1S/C12H11NO2S/c13-11(8-4-5-16-6-8)9-2-1-3-10-12(9)15-7-14-10/h1-6,11H,7,13H2/t11-/m0/s1. The fourth-order valence-corrected chi connectivity index (χ4v) is 2.53. The molecule has 0 saturated heterocycles. The monoisotopic (exact) mass is 233 g/mol. The highest BCUT2D eigenvalue weighted by Crippen LogP contribution is 2.39. The number of nitrogens with two attached hydrogens (primary N) is 1. The van der Waals surface area contributed by atoms with E-state index in [4.69, 9.17) is 15.2 Å². The van der Waals surface area contributed by atoms with Crippen LogP contribution in [0.2, 0.25) is 0 Å². The molecule has 4 heteroatoms. The molecule has 1 aliphatic heterocycles. The van der Waals surface area contributed by atoms with Crippen LogP contribution in [0.25, 0.3) is 0 Å². The lowest BCUT2D eigenvalue weighted by atomic mass is 10.0. The Morgan fingerprint density at radius 3 is 3.00 bits per heavy atom. The second-order valence-corrected chi connectivity index (χ2v) is 4.40. The normalized spacial score (nSPS) is 15.1. The second-order valence-electron chi connectivity index (χ2n) is 3.62. The van der Waals surface area contributed by atoms with Crippen molar-refractivity contribution in [3.63, 3.8) is 0 Å². The van der Waals surface area contributed by atoms with Crippen LogP contribution in [0.5, 0.6) is 11.5 Å². The summed E-state index contributed by atoms with van der Waals surface area (Å²) in [5.74, 6) is 1.56. The molecular formula is C12H11NO2S. The molecule has 0 spiro atoms. The molecule has 0 fully saturated rings. The summed E-state index contributed by atoms with van der Waals surface area (Å²) in [5.41, 5.74) is 8.29. The van der Waals surface area contributed by atoms with E-state index in [9.17, 15) is 0 Å². The molecule has 0 saturated carbocycles. The van der Waals surface area contributed by atoms with Gasteiger partial charge in [-0.1, -0.05) is 12.1 Å². The van der Waals surface area contributed by atoms with Crippen molar-refractivity contribution in [2.75, 3.05) is 6.79 Å². The van der Waals surface area contributed by atoms with Crippen molar-refractivity contribution in [3.8, 4) is 11.5 Å². The number of thiophene rings is 1. The molecule has 1 aromatic carbocycles. The molecule has 0 radical (unpaired) electrons. The Morgan fingerprint density at radius 2 is 2.19 bits per heavy atom. The first-order chi connectivity index (χ1) is 7.86. The van der Waals surface area contributed by atoms with Crippen LogP contribution in [-0.4, -0.2) is 6.79 Å². The lowest BCUT2D eigenvalue weighted by Gasteiger charge is -2.12. The summed E-state index contributed by atoms with van der Waals surface area (Å²) in [4.78, 5) is 0. The van der Waals surface area contributed by atoms with Gasteiger partial charge < -0.3 is 15.2 Å². The van der Waals surface area contributed by atoms with Gasteiger partial charge in [-0.05, 0) is 28.5 Å². The number of ether oxygens (including phenoxy) is 2. The van der Waals surface area contributed by atoms with E-state index in [1.165, 1.54) is 0 Å². The minimum Gasteiger partial charge on any atom is -0.454 e. The van der Waals surface area contributed by atoms with Crippen LogP contribution >= 0.6 is 11.3 Å². The van der Waals surface area contributed by atoms with Crippen molar-refractivity contribution in [3.05, 3.63) is 46.2 Å². The van der Waals surface area contributed by atoms with Gasteiger partial charge in [0.25, 0.3) is 0 Å². The van der Waals surface area contributed by atoms with Gasteiger partial charge in [-0.25, -0.2) is 0 Å². The van der Waals surface area contributed by atoms with Gasteiger partial charge in [-0.2, -0.15) is 11.3 Å². The number of benzene rings is 1. The Hall–Kier alpha value is -1.52. The van der Waals surface area contributed by atoms with E-state index < -0.39 is 0 Å².